The van der Waals surface area contributed by atoms with Gasteiger partial charge in [0.1, 0.15) is 0 Å². The van der Waals surface area contributed by atoms with Gasteiger partial charge in [0.05, 0.1) is 18.6 Å². The van der Waals surface area contributed by atoms with Crippen LogP contribution in [-0.4, -0.2) is 31.8 Å². The zero-order chi connectivity index (χ0) is 21.1. The van der Waals surface area contributed by atoms with E-state index in [1.165, 1.54) is 55.4 Å². The number of hydrogen-bond donors (Lipinski definition) is 1. The van der Waals surface area contributed by atoms with Crippen molar-refractivity contribution in [3.05, 3.63) is 66.2 Å². The van der Waals surface area contributed by atoms with Gasteiger partial charge in [-0.15, -0.1) is 11.8 Å². The van der Waals surface area contributed by atoms with Gasteiger partial charge in [-0.05, 0) is 37.0 Å². The third kappa shape index (κ3) is 13.1. The van der Waals surface area contributed by atoms with Crippen LogP contribution in [0.25, 0.3) is 0 Å². The Labute approximate surface area is 187 Å². The van der Waals surface area contributed by atoms with Crippen LogP contribution in [0, 0.1) is 0 Å². The van der Waals surface area contributed by atoms with E-state index in [9.17, 15) is 0 Å². The van der Waals surface area contributed by atoms with Gasteiger partial charge >= 0.3 is 0 Å². The van der Waals surface area contributed by atoms with Gasteiger partial charge in [0.25, 0.3) is 0 Å². The van der Waals surface area contributed by atoms with E-state index in [0.29, 0.717) is 6.61 Å². The summed E-state index contributed by atoms with van der Waals surface area (Å²) in [4.78, 5) is 1.20. The van der Waals surface area contributed by atoms with Crippen LogP contribution in [0.5, 0.6) is 0 Å². The van der Waals surface area contributed by atoms with Gasteiger partial charge in [0.2, 0.25) is 0 Å². The van der Waals surface area contributed by atoms with Crippen LogP contribution in [-0.2, 0) is 15.9 Å². The van der Waals surface area contributed by atoms with Crippen molar-refractivity contribution >= 4 is 11.8 Å². The van der Waals surface area contributed by atoms with Crippen LogP contribution in [0.4, 0.5) is 0 Å². The normalized spacial score (nSPS) is 12.2. The fourth-order valence-electron chi connectivity index (χ4n) is 3.31. The van der Waals surface area contributed by atoms with E-state index in [0.717, 1.165) is 32.7 Å². The molecule has 0 aliphatic carbocycles. The molecular formula is C26H39NO2S. The maximum absolute atomic E-state index is 6.11. The molecule has 0 aliphatic rings. The molecule has 0 aromatic heterocycles. The molecule has 0 saturated heterocycles. The Morgan fingerprint density at radius 1 is 0.633 bits per heavy atom. The van der Waals surface area contributed by atoms with Gasteiger partial charge in [-0.3, -0.25) is 0 Å². The minimum Gasteiger partial charge on any atom is -0.381 e. The maximum Gasteiger partial charge on any atom is 0.0791 e. The zero-order valence-electron chi connectivity index (χ0n) is 18.3. The van der Waals surface area contributed by atoms with Crippen molar-refractivity contribution in [2.75, 3.05) is 26.4 Å². The molecule has 4 heteroatoms. The molecule has 0 saturated carbocycles. The van der Waals surface area contributed by atoms with Crippen LogP contribution >= 0.6 is 11.8 Å². The zero-order valence-corrected chi connectivity index (χ0v) is 19.2. The second kappa shape index (κ2) is 17.4. The third-order valence-electron chi connectivity index (χ3n) is 5.02. The molecule has 3 nitrogen and oxygen atoms in total. The van der Waals surface area contributed by atoms with Crippen LogP contribution in [0.2, 0.25) is 0 Å². The van der Waals surface area contributed by atoms with Crippen molar-refractivity contribution in [2.24, 2.45) is 5.73 Å². The van der Waals surface area contributed by atoms with E-state index in [1.54, 1.807) is 11.8 Å². The second-order valence-corrected chi connectivity index (χ2v) is 9.03. The number of benzene rings is 2. The predicted octanol–water partition coefficient (Wildman–Crippen LogP) is 6.46. The summed E-state index contributed by atoms with van der Waals surface area (Å²) < 4.78 is 11.5. The molecule has 0 unspecified atom stereocenters. The first-order valence-electron chi connectivity index (χ1n) is 11.5. The summed E-state index contributed by atoms with van der Waals surface area (Å²) in [5.74, 6) is 0. The van der Waals surface area contributed by atoms with E-state index in [4.69, 9.17) is 15.2 Å². The number of nitrogens with two attached hydrogens (primary N) is 1. The van der Waals surface area contributed by atoms with Crippen molar-refractivity contribution in [1.82, 2.24) is 0 Å². The Bertz CT molecular complexity index is 623. The first kappa shape index (κ1) is 24.9. The quantitative estimate of drug-likeness (QED) is 0.168. The smallest absolute Gasteiger partial charge is 0.0791 e. The van der Waals surface area contributed by atoms with Crippen molar-refractivity contribution in [3.63, 3.8) is 0 Å². The largest absolute Gasteiger partial charge is 0.381 e. The Kier molecular flexibility index (Phi) is 14.4. The van der Waals surface area contributed by atoms with Crippen LogP contribution in [0.1, 0.15) is 56.9 Å². The summed E-state index contributed by atoms with van der Waals surface area (Å²) in [5.41, 5.74) is 7.47. The highest BCUT2D eigenvalue weighted by atomic mass is 32.2. The number of unbranched alkanes of at least 4 members (excludes halogenated alkanes) is 7. The van der Waals surface area contributed by atoms with E-state index in [-0.39, 0.29) is 5.37 Å². The molecule has 0 radical (unpaired) electrons. The highest BCUT2D eigenvalue weighted by Crippen LogP contribution is 2.20. The number of rotatable bonds is 18. The standard InChI is InChI=1S/C26H39NO2S/c27-26(30-25-17-11-8-12-18-25)23-29-21-14-6-4-2-1-3-5-13-20-28-22-19-24-15-9-7-10-16-24/h7-12,15-18,26H,1-6,13-14,19-23,27H2/t26-/m0/s1. The summed E-state index contributed by atoms with van der Waals surface area (Å²) in [5, 5.41) is 0.00900. The van der Waals surface area contributed by atoms with Crippen LogP contribution < -0.4 is 5.73 Å². The molecule has 0 fully saturated rings. The molecule has 0 aliphatic heterocycles. The molecule has 2 aromatic rings. The van der Waals surface area contributed by atoms with E-state index in [2.05, 4.69) is 42.5 Å². The number of hydrogen-bond acceptors (Lipinski definition) is 4. The molecule has 2 aromatic carbocycles. The molecule has 1 atom stereocenters. The number of thioether (sulfide) groups is 1. The molecule has 2 rings (SSSR count). The maximum atomic E-state index is 6.11. The molecule has 0 bridgehead atoms. The molecule has 30 heavy (non-hydrogen) atoms. The van der Waals surface area contributed by atoms with E-state index in [1.807, 2.05) is 18.2 Å². The Morgan fingerprint density at radius 3 is 1.80 bits per heavy atom. The molecular weight excluding hydrogens is 390 g/mol. The Morgan fingerprint density at radius 2 is 1.17 bits per heavy atom. The van der Waals surface area contributed by atoms with Crippen LogP contribution in [0.3, 0.4) is 0 Å². The monoisotopic (exact) mass is 429 g/mol. The van der Waals surface area contributed by atoms with Gasteiger partial charge in [0.15, 0.2) is 0 Å². The summed E-state index contributed by atoms with van der Waals surface area (Å²) in [7, 11) is 0. The van der Waals surface area contributed by atoms with Gasteiger partial charge < -0.3 is 15.2 Å². The van der Waals surface area contributed by atoms with E-state index >= 15 is 0 Å². The molecule has 0 heterocycles. The topological polar surface area (TPSA) is 44.5 Å². The van der Waals surface area contributed by atoms with Crippen molar-refractivity contribution in [1.29, 1.82) is 0 Å². The highest BCUT2D eigenvalue weighted by Gasteiger charge is 2.04. The minimum atomic E-state index is 0.00900. The van der Waals surface area contributed by atoms with Gasteiger partial charge in [-0.2, -0.15) is 0 Å². The summed E-state index contributed by atoms with van der Waals surface area (Å²) in [6.07, 6.45) is 11.2. The third-order valence-corrected chi connectivity index (χ3v) is 6.00. The minimum absolute atomic E-state index is 0.00900. The molecule has 0 amide bonds. The lowest BCUT2D eigenvalue weighted by molar-refractivity contribution is 0.131. The Hall–Kier alpha value is -1.33. The summed E-state index contributed by atoms with van der Waals surface area (Å²) >= 11 is 1.67. The van der Waals surface area contributed by atoms with Crippen molar-refractivity contribution in [2.45, 2.75) is 68.1 Å². The summed E-state index contributed by atoms with van der Waals surface area (Å²) in [6, 6.07) is 20.8. The van der Waals surface area contributed by atoms with Crippen LogP contribution in [0.15, 0.2) is 65.6 Å². The molecule has 166 valence electrons. The first-order valence-corrected chi connectivity index (χ1v) is 12.4. The number of ether oxygens (including phenoxy) is 2. The molecule has 0 spiro atoms. The fraction of sp³-hybridized carbons (Fsp3) is 0.538. The first-order chi connectivity index (χ1) is 14.8. The predicted molar refractivity (Wildman–Crippen MR) is 129 cm³/mol. The summed E-state index contributed by atoms with van der Waals surface area (Å²) in [6.45, 7) is 3.17. The van der Waals surface area contributed by atoms with Gasteiger partial charge in [-0.1, -0.05) is 87.1 Å². The average Bonchev–Trinajstić information content (AvgIpc) is 2.78. The second-order valence-electron chi connectivity index (χ2n) is 7.72. The average molecular weight is 430 g/mol. The lowest BCUT2D eigenvalue weighted by Crippen LogP contribution is -2.22. The fourth-order valence-corrected chi connectivity index (χ4v) is 4.14. The lowest BCUT2D eigenvalue weighted by Gasteiger charge is -2.11. The van der Waals surface area contributed by atoms with Gasteiger partial charge in [0, 0.05) is 18.1 Å². The van der Waals surface area contributed by atoms with Crippen molar-refractivity contribution < 1.29 is 9.47 Å². The Balaban J connectivity index is 1.27. The highest BCUT2D eigenvalue weighted by molar-refractivity contribution is 7.99. The lowest BCUT2D eigenvalue weighted by atomic mass is 10.1. The van der Waals surface area contributed by atoms with Gasteiger partial charge in [-0.25, -0.2) is 0 Å². The van der Waals surface area contributed by atoms with Crippen molar-refractivity contribution in [3.8, 4) is 0 Å². The molecule has 2 N–H and O–H groups in total. The SMILES string of the molecule is N[C@H](COCCCCCCCCCCOCCc1ccccc1)Sc1ccccc1. The van der Waals surface area contributed by atoms with E-state index < -0.39 is 0 Å².